The predicted molar refractivity (Wildman–Crippen MR) is 141 cm³/mol. The molecule has 0 spiro atoms. The lowest BCUT2D eigenvalue weighted by atomic mass is 10.1. The molecule has 1 N–H and O–H groups in total. The van der Waals surface area contributed by atoms with Crippen LogP contribution in [0.2, 0.25) is 0 Å². The first-order valence-electron chi connectivity index (χ1n) is 12.4. The molecule has 4 rings (SSSR count). The summed E-state index contributed by atoms with van der Waals surface area (Å²) in [4.78, 5) is 32.1. The molecule has 9 nitrogen and oxygen atoms in total. The molecule has 2 heterocycles. The molecule has 1 atom stereocenters. The maximum absolute atomic E-state index is 13.2. The molecule has 0 unspecified atom stereocenters. The lowest BCUT2D eigenvalue weighted by Gasteiger charge is -2.24. The molecule has 9 heteroatoms. The Bertz CT molecular complexity index is 1230. The van der Waals surface area contributed by atoms with Gasteiger partial charge in [-0.15, -0.1) is 0 Å². The Kier molecular flexibility index (Phi) is 8.58. The molecule has 1 aliphatic rings. The number of carbonyl (C=O) groups excluding carboxylic acids is 2. The van der Waals surface area contributed by atoms with Crippen LogP contribution in [0.4, 0.5) is 5.95 Å². The Morgan fingerprint density at radius 3 is 2.57 bits per heavy atom. The van der Waals surface area contributed by atoms with Crippen molar-refractivity contribution in [3.05, 3.63) is 59.8 Å². The van der Waals surface area contributed by atoms with E-state index in [2.05, 4.69) is 18.3 Å². The number of rotatable bonds is 10. The number of methoxy groups -OCH3 is 2. The molecule has 1 aromatic heterocycles. The molecule has 0 aliphatic carbocycles. The highest BCUT2D eigenvalue weighted by Crippen LogP contribution is 2.27. The number of ether oxygens (including phenoxy) is 3. The van der Waals surface area contributed by atoms with Gasteiger partial charge >= 0.3 is 0 Å². The van der Waals surface area contributed by atoms with Crippen LogP contribution in [0.1, 0.15) is 24.0 Å². The van der Waals surface area contributed by atoms with Crippen LogP contribution in [-0.4, -0.2) is 72.9 Å². The van der Waals surface area contributed by atoms with Gasteiger partial charge in [0.05, 0.1) is 18.9 Å². The number of carbonyl (C=O) groups is 2. The molecule has 1 aliphatic heterocycles. The Morgan fingerprint density at radius 2 is 1.92 bits per heavy atom. The second-order valence-electron chi connectivity index (χ2n) is 9.21. The molecule has 1 saturated heterocycles. The summed E-state index contributed by atoms with van der Waals surface area (Å²) in [5.41, 5.74) is 4.75. The number of benzene rings is 2. The zero-order chi connectivity index (χ0) is 26.4. The normalized spacial score (nSPS) is 15.0. The molecule has 196 valence electrons. The van der Waals surface area contributed by atoms with Gasteiger partial charge < -0.3 is 19.1 Å². The van der Waals surface area contributed by atoms with Crippen molar-refractivity contribution in [1.29, 1.82) is 0 Å². The van der Waals surface area contributed by atoms with Crippen molar-refractivity contribution in [1.82, 2.24) is 14.5 Å². The minimum Gasteiger partial charge on any atom is -0.497 e. The van der Waals surface area contributed by atoms with Gasteiger partial charge in [0.15, 0.2) is 0 Å². The van der Waals surface area contributed by atoms with E-state index in [-0.39, 0.29) is 31.1 Å². The molecule has 2 amide bonds. The van der Waals surface area contributed by atoms with Crippen molar-refractivity contribution in [3.63, 3.8) is 0 Å². The number of aromatic nitrogens is 2. The molecule has 2 aromatic carbocycles. The highest BCUT2D eigenvalue weighted by molar-refractivity contribution is 5.94. The molecule has 3 aromatic rings. The van der Waals surface area contributed by atoms with Crippen molar-refractivity contribution in [2.24, 2.45) is 0 Å². The zero-order valence-electron chi connectivity index (χ0n) is 21.8. The van der Waals surface area contributed by atoms with Gasteiger partial charge in [0.1, 0.15) is 18.9 Å². The maximum atomic E-state index is 13.2. The molecule has 0 bridgehead atoms. The minimum absolute atomic E-state index is 0.0761. The van der Waals surface area contributed by atoms with Gasteiger partial charge in [0, 0.05) is 37.7 Å². The fraction of sp³-hybridized carbons (Fsp3) is 0.393. The summed E-state index contributed by atoms with van der Waals surface area (Å²) in [6, 6.07) is 13.7. The van der Waals surface area contributed by atoms with Crippen LogP contribution in [0.5, 0.6) is 5.75 Å². The standard InChI is InChI=1S/C28H34N4O5/c1-19-7-10-22(14-20(19)2)32-16-25(21-8-11-23(36-4)12-9-21)29-28(32)30-26(33)17-31(27(34)18-35-3)15-24-6-5-13-37-24/h7-12,14,16,24H,5-6,13,15,17-18H2,1-4H3,(H,29,30,33)/t24-/m0/s1. The van der Waals surface area contributed by atoms with Gasteiger partial charge in [-0.25, -0.2) is 4.98 Å². The summed E-state index contributed by atoms with van der Waals surface area (Å²) in [5, 5.41) is 2.92. The van der Waals surface area contributed by atoms with Gasteiger partial charge in [-0.2, -0.15) is 0 Å². The van der Waals surface area contributed by atoms with Crippen molar-refractivity contribution >= 4 is 17.8 Å². The van der Waals surface area contributed by atoms with Crippen molar-refractivity contribution in [2.45, 2.75) is 32.8 Å². The van der Waals surface area contributed by atoms with E-state index in [0.717, 1.165) is 35.4 Å². The van der Waals surface area contributed by atoms with Crippen LogP contribution in [0.3, 0.4) is 0 Å². The topological polar surface area (TPSA) is 94.9 Å². The van der Waals surface area contributed by atoms with E-state index in [9.17, 15) is 9.59 Å². The second kappa shape index (κ2) is 12.0. The first-order valence-corrected chi connectivity index (χ1v) is 12.4. The molecule has 0 saturated carbocycles. The molecule has 0 radical (unpaired) electrons. The lowest BCUT2D eigenvalue weighted by Crippen LogP contribution is -2.44. The van der Waals surface area contributed by atoms with Gasteiger partial charge in [0.25, 0.3) is 0 Å². The van der Waals surface area contributed by atoms with Crippen LogP contribution in [0.25, 0.3) is 16.9 Å². The van der Waals surface area contributed by atoms with Crippen molar-refractivity contribution < 1.29 is 23.8 Å². The number of amides is 2. The number of imidazole rings is 1. The van der Waals surface area contributed by atoms with Gasteiger partial charge in [0.2, 0.25) is 17.8 Å². The van der Waals surface area contributed by atoms with Gasteiger partial charge in [-0.05, 0) is 74.2 Å². The maximum Gasteiger partial charge on any atom is 0.249 e. The summed E-state index contributed by atoms with van der Waals surface area (Å²) < 4.78 is 17.8. The third-order valence-corrected chi connectivity index (χ3v) is 6.51. The number of hydrogen-bond acceptors (Lipinski definition) is 6. The number of hydrogen-bond donors (Lipinski definition) is 1. The van der Waals surface area contributed by atoms with Gasteiger partial charge in [-0.3, -0.25) is 19.5 Å². The minimum atomic E-state index is -0.348. The van der Waals surface area contributed by atoms with Crippen molar-refractivity contribution in [2.75, 3.05) is 45.8 Å². The number of nitrogens with one attached hydrogen (secondary N) is 1. The summed E-state index contributed by atoms with van der Waals surface area (Å²) in [6.45, 7) is 4.89. The molecule has 1 fully saturated rings. The second-order valence-corrected chi connectivity index (χ2v) is 9.21. The number of aryl methyl sites for hydroxylation is 2. The summed E-state index contributed by atoms with van der Waals surface area (Å²) in [7, 11) is 3.08. The Balaban J connectivity index is 1.60. The lowest BCUT2D eigenvalue weighted by molar-refractivity contribution is -0.139. The molecular formula is C28H34N4O5. The van der Waals surface area contributed by atoms with E-state index in [1.54, 1.807) is 7.11 Å². The quantitative estimate of drug-likeness (QED) is 0.450. The average molecular weight is 507 g/mol. The number of anilines is 1. The fourth-order valence-electron chi connectivity index (χ4n) is 4.28. The summed E-state index contributed by atoms with van der Waals surface area (Å²) in [6.07, 6.45) is 3.63. The highest BCUT2D eigenvalue weighted by atomic mass is 16.5. The van der Waals surface area contributed by atoms with E-state index in [4.69, 9.17) is 19.2 Å². The molecule has 37 heavy (non-hydrogen) atoms. The van der Waals surface area contributed by atoms with E-state index >= 15 is 0 Å². The zero-order valence-corrected chi connectivity index (χ0v) is 21.8. The van der Waals surface area contributed by atoms with E-state index in [1.165, 1.54) is 17.6 Å². The van der Waals surface area contributed by atoms with Crippen LogP contribution < -0.4 is 10.1 Å². The smallest absolute Gasteiger partial charge is 0.249 e. The first-order chi connectivity index (χ1) is 17.9. The van der Waals surface area contributed by atoms with Gasteiger partial charge in [-0.1, -0.05) is 6.07 Å². The third kappa shape index (κ3) is 6.55. The van der Waals surface area contributed by atoms with E-state index < -0.39 is 0 Å². The van der Waals surface area contributed by atoms with Crippen LogP contribution >= 0.6 is 0 Å². The average Bonchev–Trinajstić information content (AvgIpc) is 3.56. The Hall–Kier alpha value is -3.69. The van der Waals surface area contributed by atoms with Crippen LogP contribution in [-0.2, 0) is 19.1 Å². The Labute approximate surface area is 217 Å². The SMILES string of the molecule is COCC(=O)N(CC(=O)Nc1nc(-c2ccc(OC)cc2)cn1-c1ccc(C)c(C)c1)C[C@@H]1CCCO1. The fourth-order valence-corrected chi connectivity index (χ4v) is 4.28. The predicted octanol–water partition coefficient (Wildman–Crippen LogP) is 3.76. The monoisotopic (exact) mass is 506 g/mol. The summed E-state index contributed by atoms with van der Waals surface area (Å²) >= 11 is 0. The highest BCUT2D eigenvalue weighted by Gasteiger charge is 2.25. The van der Waals surface area contributed by atoms with Crippen LogP contribution in [0, 0.1) is 13.8 Å². The van der Waals surface area contributed by atoms with E-state index in [1.807, 2.05) is 54.1 Å². The Morgan fingerprint density at radius 1 is 1.14 bits per heavy atom. The van der Waals surface area contributed by atoms with Crippen LogP contribution in [0.15, 0.2) is 48.7 Å². The largest absolute Gasteiger partial charge is 0.497 e. The van der Waals surface area contributed by atoms with Crippen molar-refractivity contribution in [3.8, 4) is 22.7 Å². The third-order valence-electron chi connectivity index (χ3n) is 6.51. The summed E-state index contributed by atoms with van der Waals surface area (Å²) in [5.74, 6) is 0.511. The number of nitrogens with zero attached hydrogens (tertiary/aromatic N) is 3. The first kappa shape index (κ1) is 26.4. The van der Waals surface area contributed by atoms with E-state index in [0.29, 0.717) is 24.8 Å². The molecular weight excluding hydrogens is 472 g/mol.